The van der Waals surface area contributed by atoms with Gasteiger partial charge in [0.05, 0.1) is 42.7 Å². The van der Waals surface area contributed by atoms with Crippen LogP contribution in [0.1, 0.15) is 18.5 Å². The molecule has 5 rings (SSSR count). The number of methoxy groups -OCH3 is 1. The van der Waals surface area contributed by atoms with Gasteiger partial charge in [0.15, 0.2) is 18.2 Å². The van der Waals surface area contributed by atoms with Crippen molar-refractivity contribution in [2.75, 3.05) is 25.6 Å². The molecule has 1 fully saturated rings. The predicted octanol–water partition coefficient (Wildman–Crippen LogP) is 0.796. The highest BCUT2D eigenvalue weighted by Crippen LogP contribution is 2.25. The van der Waals surface area contributed by atoms with Gasteiger partial charge in [0, 0.05) is 31.2 Å². The second kappa shape index (κ2) is 9.98. The lowest BCUT2D eigenvalue weighted by Crippen LogP contribution is -2.48. The van der Waals surface area contributed by atoms with Gasteiger partial charge in [-0.25, -0.2) is 9.97 Å². The zero-order valence-corrected chi connectivity index (χ0v) is 19.4. The van der Waals surface area contributed by atoms with E-state index in [4.69, 9.17) is 19.9 Å². The van der Waals surface area contributed by atoms with Crippen LogP contribution in [-0.4, -0.2) is 59.0 Å². The Bertz CT molecular complexity index is 1290. The Morgan fingerprint density at radius 3 is 2.97 bits per heavy atom. The number of carbonyl (C=O) groups excluding carboxylic acids is 1. The molecule has 0 radical (unpaired) electrons. The van der Waals surface area contributed by atoms with Crippen molar-refractivity contribution in [3.8, 4) is 11.5 Å². The Hall–Kier alpha value is -3.54. The SMILES string of the molecule is COc1ccc2ncc(=O)n(C[C@H](N)[C@@H]3CC[C@@H](NCc4ccc5c(n4)NC(=O)CO5)CO3)c2c1. The molecule has 1 aromatic carbocycles. The third-order valence-corrected chi connectivity index (χ3v) is 6.34. The van der Waals surface area contributed by atoms with Crippen molar-refractivity contribution >= 4 is 22.8 Å². The van der Waals surface area contributed by atoms with Crippen LogP contribution in [0.3, 0.4) is 0 Å². The molecule has 2 aromatic heterocycles. The second-order valence-corrected chi connectivity index (χ2v) is 8.74. The van der Waals surface area contributed by atoms with Crippen LogP contribution >= 0.6 is 0 Å². The third kappa shape index (κ3) is 5.11. The van der Waals surface area contributed by atoms with E-state index in [0.29, 0.717) is 48.0 Å². The van der Waals surface area contributed by atoms with Gasteiger partial charge >= 0.3 is 0 Å². The highest BCUT2D eigenvalue weighted by molar-refractivity contribution is 5.94. The molecule has 184 valence electrons. The molecule has 4 heterocycles. The minimum absolute atomic E-state index is 0.00913. The first kappa shape index (κ1) is 23.2. The molecule has 1 saturated heterocycles. The molecule has 0 spiro atoms. The average molecular weight is 481 g/mol. The fourth-order valence-electron chi connectivity index (χ4n) is 4.41. The largest absolute Gasteiger partial charge is 0.497 e. The fourth-order valence-corrected chi connectivity index (χ4v) is 4.41. The fraction of sp³-hybridized carbons (Fsp3) is 0.417. The Labute approximate surface area is 201 Å². The Kier molecular flexibility index (Phi) is 6.62. The van der Waals surface area contributed by atoms with E-state index in [-0.39, 0.29) is 36.3 Å². The van der Waals surface area contributed by atoms with Crippen LogP contribution in [0.4, 0.5) is 5.82 Å². The summed E-state index contributed by atoms with van der Waals surface area (Å²) in [6, 6.07) is 8.91. The van der Waals surface area contributed by atoms with E-state index in [1.165, 1.54) is 6.20 Å². The van der Waals surface area contributed by atoms with Gasteiger partial charge in [-0.05, 0) is 37.1 Å². The maximum Gasteiger partial charge on any atom is 0.269 e. The first-order valence-corrected chi connectivity index (χ1v) is 11.6. The maximum atomic E-state index is 12.5. The highest BCUT2D eigenvalue weighted by atomic mass is 16.5. The van der Waals surface area contributed by atoms with Crippen LogP contribution in [0.5, 0.6) is 11.5 Å². The quantitative estimate of drug-likeness (QED) is 0.447. The number of aromatic nitrogens is 3. The molecule has 3 aromatic rings. The zero-order chi connectivity index (χ0) is 24.4. The van der Waals surface area contributed by atoms with Gasteiger partial charge < -0.3 is 35.1 Å². The molecular weight excluding hydrogens is 452 g/mol. The number of pyridine rings is 1. The number of fused-ring (bicyclic) bond motifs is 2. The first-order valence-electron chi connectivity index (χ1n) is 11.6. The Morgan fingerprint density at radius 2 is 2.17 bits per heavy atom. The molecule has 11 nitrogen and oxygen atoms in total. The summed E-state index contributed by atoms with van der Waals surface area (Å²) in [6.07, 6.45) is 2.79. The second-order valence-electron chi connectivity index (χ2n) is 8.74. The number of carbonyl (C=O) groups is 1. The number of nitrogens with two attached hydrogens (primary N) is 1. The lowest BCUT2D eigenvalue weighted by Gasteiger charge is -2.33. The van der Waals surface area contributed by atoms with Gasteiger partial charge in [-0.3, -0.25) is 9.59 Å². The van der Waals surface area contributed by atoms with E-state index < -0.39 is 0 Å². The van der Waals surface area contributed by atoms with Gasteiger partial charge in [0.2, 0.25) is 0 Å². The van der Waals surface area contributed by atoms with Crippen molar-refractivity contribution in [2.24, 2.45) is 5.73 Å². The molecule has 11 heteroatoms. The Balaban J connectivity index is 1.17. The summed E-state index contributed by atoms with van der Waals surface area (Å²) in [5.74, 6) is 1.46. The molecule has 0 unspecified atom stereocenters. The smallest absolute Gasteiger partial charge is 0.269 e. The summed E-state index contributed by atoms with van der Waals surface area (Å²) in [4.78, 5) is 32.7. The molecule has 3 atom stereocenters. The molecule has 0 aliphatic carbocycles. The minimum atomic E-state index is -0.351. The normalized spacial score (nSPS) is 20.6. The number of hydrogen-bond donors (Lipinski definition) is 3. The van der Waals surface area contributed by atoms with Crippen molar-refractivity contribution in [2.45, 2.75) is 44.1 Å². The number of nitrogens with zero attached hydrogens (tertiary/aromatic N) is 3. The van der Waals surface area contributed by atoms with E-state index >= 15 is 0 Å². The molecular formula is C24H28N6O5. The van der Waals surface area contributed by atoms with E-state index in [2.05, 4.69) is 20.6 Å². The van der Waals surface area contributed by atoms with Crippen molar-refractivity contribution < 1.29 is 19.0 Å². The maximum absolute atomic E-state index is 12.5. The lowest BCUT2D eigenvalue weighted by atomic mass is 9.99. The summed E-state index contributed by atoms with van der Waals surface area (Å²) in [5, 5.41) is 6.17. The summed E-state index contributed by atoms with van der Waals surface area (Å²) < 4.78 is 18.4. The van der Waals surface area contributed by atoms with Crippen LogP contribution < -0.4 is 31.4 Å². The van der Waals surface area contributed by atoms with Crippen molar-refractivity contribution in [1.82, 2.24) is 19.9 Å². The standard InChI is InChI=1S/C24H28N6O5/c1-33-16-4-5-18-19(8-16)30(23(32)10-27-18)11-17(25)20-6-3-15(12-34-20)26-9-14-2-7-21-24(28-14)29-22(31)13-35-21/h2,4-5,7-8,10,15,17,20,26H,3,6,9,11-13,25H2,1H3,(H,28,29,31)/t15-,17+,20+/m1/s1. The van der Waals surface area contributed by atoms with E-state index in [1.54, 1.807) is 17.7 Å². The van der Waals surface area contributed by atoms with Gasteiger partial charge in [0.1, 0.15) is 5.75 Å². The zero-order valence-electron chi connectivity index (χ0n) is 19.4. The lowest BCUT2D eigenvalue weighted by molar-refractivity contribution is -0.118. The monoisotopic (exact) mass is 480 g/mol. The molecule has 2 aliphatic heterocycles. The summed E-state index contributed by atoms with van der Waals surface area (Å²) in [6.45, 7) is 1.37. The van der Waals surface area contributed by atoms with Crippen LogP contribution in [-0.2, 0) is 22.6 Å². The summed E-state index contributed by atoms with van der Waals surface area (Å²) >= 11 is 0. The van der Waals surface area contributed by atoms with Crippen molar-refractivity contribution in [1.29, 1.82) is 0 Å². The van der Waals surface area contributed by atoms with Crippen LogP contribution in [0, 0.1) is 0 Å². The number of rotatable bonds is 7. The van der Waals surface area contributed by atoms with Crippen molar-refractivity contribution in [3.05, 3.63) is 52.6 Å². The topological polar surface area (TPSA) is 143 Å². The molecule has 2 aliphatic rings. The van der Waals surface area contributed by atoms with Gasteiger partial charge in [-0.15, -0.1) is 0 Å². The van der Waals surface area contributed by atoms with Crippen LogP contribution in [0.25, 0.3) is 11.0 Å². The minimum Gasteiger partial charge on any atom is -0.497 e. The average Bonchev–Trinajstić information content (AvgIpc) is 2.88. The van der Waals surface area contributed by atoms with Crippen molar-refractivity contribution in [3.63, 3.8) is 0 Å². The number of anilines is 1. The van der Waals surface area contributed by atoms with Gasteiger partial charge in [0.25, 0.3) is 11.5 Å². The molecule has 4 N–H and O–H groups in total. The third-order valence-electron chi connectivity index (χ3n) is 6.34. The number of nitrogens with one attached hydrogen (secondary N) is 2. The van der Waals surface area contributed by atoms with Gasteiger partial charge in [-0.2, -0.15) is 0 Å². The molecule has 1 amide bonds. The van der Waals surface area contributed by atoms with Crippen LogP contribution in [0.2, 0.25) is 0 Å². The summed E-state index contributed by atoms with van der Waals surface area (Å²) in [5.41, 5.74) is 8.46. The molecule has 0 bridgehead atoms. The van der Waals surface area contributed by atoms with Gasteiger partial charge in [-0.1, -0.05) is 0 Å². The van der Waals surface area contributed by atoms with E-state index in [9.17, 15) is 9.59 Å². The number of ether oxygens (including phenoxy) is 3. The number of benzene rings is 1. The number of amides is 1. The molecule has 35 heavy (non-hydrogen) atoms. The molecule has 0 saturated carbocycles. The Morgan fingerprint density at radius 1 is 1.29 bits per heavy atom. The highest BCUT2D eigenvalue weighted by Gasteiger charge is 2.27. The van der Waals surface area contributed by atoms with E-state index in [1.807, 2.05) is 24.3 Å². The summed E-state index contributed by atoms with van der Waals surface area (Å²) in [7, 11) is 1.58. The van der Waals surface area contributed by atoms with Crippen LogP contribution in [0.15, 0.2) is 41.3 Å². The number of hydrogen-bond acceptors (Lipinski definition) is 9. The van der Waals surface area contributed by atoms with E-state index in [0.717, 1.165) is 18.5 Å². The predicted molar refractivity (Wildman–Crippen MR) is 128 cm³/mol. The first-order chi connectivity index (χ1) is 17.0.